The second-order valence-corrected chi connectivity index (χ2v) is 6.30. The molecule has 118 valence electrons. The van der Waals surface area contributed by atoms with Crippen LogP contribution in [0.2, 0.25) is 0 Å². The van der Waals surface area contributed by atoms with Gasteiger partial charge in [-0.05, 0) is 45.1 Å². The Bertz CT molecular complexity index is 483. The molecule has 1 atom stereocenters. The van der Waals surface area contributed by atoms with Crippen molar-refractivity contribution in [1.29, 1.82) is 0 Å². The van der Waals surface area contributed by atoms with E-state index >= 15 is 0 Å². The van der Waals surface area contributed by atoms with Crippen molar-refractivity contribution in [2.24, 2.45) is 0 Å². The summed E-state index contributed by atoms with van der Waals surface area (Å²) in [4.78, 5) is 14.5. The maximum atomic E-state index is 12.3. The Morgan fingerprint density at radius 3 is 2.95 bits per heavy atom. The van der Waals surface area contributed by atoms with Crippen LogP contribution in [0.3, 0.4) is 0 Å². The largest absolute Gasteiger partial charge is 0.382 e. The fraction of sp³-hybridized carbons (Fsp3) is 0.714. The minimum absolute atomic E-state index is 0.0675. The van der Waals surface area contributed by atoms with Crippen LogP contribution in [-0.2, 0) is 4.74 Å². The SMILES string of the molecule is CCN(CC1CCCO1)c1snc(N)c1C(=O)NC(C)C. The molecule has 3 N–H and O–H groups in total. The van der Waals surface area contributed by atoms with E-state index in [0.717, 1.165) is 37.5 Å². The monoisotopic (exact) mass is 312 g/mol. The van der Waals surface area contributed by atoms with E-state index in [0.29, 0.717) is 11.4 Å². The zero-order valence-electron chi connectivity index (χ0n) is 12.9. The first-order valence-corrected chi connectivity index (χ1v) is 8.22. The van der Waals surface area contributed by atoms with E-state index in [9.17, 15) is 4.79 Å². The predicted octanol–water partition coefficient (Wildman–Crippen LogP) is 1.87. The van der Waals surface area contributed by atoms with Crippen molar-refractivity contribution in [1.82, 2.24) is 9.69 Å². The summed E-state index contributed by atoms with van der Waals surface area (Å²) in [5.41, 5.74) is 6.39. The quantitative estimate of drug-likeness (QED) is 0.838. The highest BCUT2D eigenvalue weighted by Gasteiger charge is 2.26. The third-order valence-corrected chi connectivity index (χ3v) is 4.39. The number of carbonyl (C=O) groups is 1. The maximum absolute atomic E-state index is 12.3. The Balaban J connectivity index is 2.18. The van der Waals surface area contributed by atoms with Crippen molar-refractivity contribution >= 4 is 28.3 Å². The van der Waals surface area contributed by atoms with Gasteiger partial charge in [-0.2, -0.15) is 4.37 Å². The number of anilines is 2. The number of aromatic nitrogens is 1. The molecule has 1 saturated heterocycles. The number of ether oxygens (including phenoxy) is 1. The minimum Gasteiger partial charge on any atom is -0.382 e. The number of carbonyl (C=O) groups excluding carboxylic acids is 1. The van der Waals surface area contributed by atoms with Crippen molar-refractivity contribution in [2.45, 2.75) is 45.8 Å². The second-order valence-electron chi connectivity index (χ2n) is 5.55. The Hall–Kier alpha value is -1.34. The van der Waals surface area contributed by atoms with Gasteiger partial charge in [0.2, 0.25) is 0 Å². The Morgan fingerprint density at radius 1 is 1.62 bits per heavy atom. The molecule has 1 aliphatic rings. The lowest BCUT2D eigenvalue weighted by Crippen LogP contribution is -2.35. The molecule has 1 amide bonds. The van der Waals surface area contributed by atoms with E-state index in [2.05, 4.69) is 21.5 Å². The number of hydrogen-bond acceptors (Lipinski definition) is 6. The van der Waals surface area contributed by atoms with Crippen LogP contribution in [0.15, 0.2) is 0 Å². The lowest BCUT2D eigenvalue weighted by atomic mass is 10.2. The third kappa shape index (κ3) is 3.85. The molecule has 7 heteroatoms. The fourth-order valence-corrected chi connectivity index (χ4v) is 3.33. The van der Waals surface area contributed by atoms with Crippen molar-refractivity contribution < 1.29 is 9.53 Å². The van der Waals surface area contributed by atoms with Crippen LogP contribution in [-0.4, -0.2) is 42.1 Å². The lowest BCUT2D eigenvalue weighted by Gasteiger charge is -2.25. The zero-order valence-corrected chi connectivity index (χ0v) is 13.7. The molecule has 2 rings (SSSR count). The van der Waals surface area contributed by atoms with Crippen LogP contribution in [0.5, 0.6) is 0 Å². The van der Waals surface area contributed by atoms with Gasteiger partial charge in [0.15, 0.2) is 5.82 Å². The topological polar surface area (TPSA) is 80.5 Å². The Morgan fingerprint density at radius 2 is 2.38 bits per heavy atom. The highest BCUT2D eigenvalue weighted by atomic mass is 32.1. The fourth-order valence-electron chi connectivity index (χ4n) is 2.45. The molecule has 0 aliphatic carbocycles. The van der Waals surface area contributed by atoms with Gasteiger partial charge in [0.05, 0.1) is 6.10 Å². The van der Waals surface area contributed by atoms with Gasteiger partial charge in [-0.25, -0.2) is 0 Å². The molecule has 2 heterocycles. The third-order valence-electron chi connectivity index (χ3n) is 3.46. The predicted molar refractivity (Wildman–Crippen MR) is 86.0 cm³/mol. The van der Waals surface area contributed by atoms with Crippen LogP contribution in [0, 0.1) is 0 Å². The Labute approximate surface area is 129 Å². The highest BCUT2D eigenvalue weighted by molar-refractivity contribution is 7.11. The van der Waals surface area contributed by atoms with Crippen LogP contribution >= 0.6 is 11.5 Å². The van der Waals surface area contributed by atoms with Crippen LogP contribution < -0.4 is 16.0 Å². The van der Waals surface area contributed by atoms with Gasteiger partial charge in [0.1, 0.15) is 10.6 Å². The number of rotatable bonds is 6. The van der Waals surface area contributed by atoms with Gasteiger partial charge in [0.25, 0.3) is 5.91 Å². The van der Waals surface area contributed by atoms with Gasteiger partial charge < -0.3 is 20.7 Å². The summed E-state index contributed by atoms with van der Waals surface area (Å²) in [6.45, 7) is 8.32. The number of hydrogen-bond donors (Lipinski definition) is 2. The zero-order chi connectivity index (χ0) is 15.4. The van der Waals surface area contributed by atoms with Crippen molar-refractivity contribution in [2.75, 3.05) is 30.3 Å². The molecule has 0 spiro atoms. The van der Waals surface area contributed by atoms with Crippen molar-refractivity contribution in [3.8, 4) is 0 Å². The van der Waals surface area contributed by atoms with Crippen molar-refractivity contribution in [3.63, 3.8) is 0 Å². The van der Waals surface area contributed by atoms with Crippen LogP contribution in [0.4, 0.5) is 10.8 Å². The molecular weight excluding hydrogens is 288 g/mol. The number of nitrogens with zero attached hydrogens (tertiary/aromatic N) is 2. The van der Waals surface area contributed by atoms with E-state index in [1.165, 1.54) is 11.5 Å². The van der Waals surface area contributed by atoms with Gasteiger partial charge in [-0.15, -0.1) is 0 Å². The van der Waals surface area contributed by atoms with Gasteiger partial charge in [-0.3, -0.25) is 4.79 Å². The summed E-state index contributed by atoms with van der Waals surface area (Å²) in [6, 6.07) is 0.0675. The summed E-state index contributed by atoms with van der Waals surface area (Å²) >= 11 is 1.28. The van der Waals surface area contributed by atoms with Crippen molar-refractivity contribution in [3.05, 3.63) is 5.56 Å². The molecule has 0 aromatic carbocycles. The average Bonchev–Trinajstić information content (AvgIpc) is 3.04. The van der Waals surface area contributed by atoms with E-state index < -0.39 is 0 Å². The van der Waals surface area contributed by atoms with Gasteiger partial charge in [-0.1, -0.05) is 0 Å². The molecule has 6 nitrogen and oxygen atoms in total. The number of nitrogen functional groups attached to an aromatic ring is 1. The molecule has 0 radical (unpaired) electrons. The Kier molecular flexibility index (Phi) is 5.41. The van der Waals surface area contributed by atoms with Crippen LogP contribution in [0.1, 0.15) is 44.0 Å². The van der Waals surface area contributed by atoms with Gasteiger partial charge >= 0.3 is 0 Å². The smallest absolute Gasteiger partial charge is 0.258 e. The summed E-state index contributed by atoms with van der Waals surface area (Å²) < 4.78 is 9.85. The average molecular weight is 312 g/mol. The number of nitrogens with two attached hydrogens (primary N) is 1. The summed E-state index contributed by atoms with van der Waals surface area (Å²) in [7, 11) is 0. The molecule has 1 unspecified atom stereocenters. The standard InChI is InChI=1S/C14H24N4O2S/c1-4-18(8-10-6-5-7-20-10)14-11(12(15)17-21-14)13(19)16-9(2)3/h9-10H,4-8H2,1-3H3,(H2,15,17)(H,16,19). The number of amides is 1. The van der Waals surface area contributed by atoms with E-state index in [1.54, 1.807) is 0 Å². The molecule has 1 aromatic rings. The number of nitrogens with one attached hydrogen (secondary N) is 1. The van der Waals surface area contributed by atoms with E-state index in [-0.39, 0.29) is 18.1 Å². The van der Waals surface area contributed by atoms with Crippen LogP contribution in [0.25, 0.3) is 0 Å². The highest BCUT2D eigenvalue weighted by Crippen LogP contribution is 2.31. The molecule has 0 bridgehead atoms. The normalized spacial score (nSPS) is 18.2. The summed E-state index contributed by atoms with van der Waals surface area (Å²) in [5.74, 6) is 0.149. The molecule has 1 aromatic heterocycles. The maximum Gasteiger partial charge on any atom is 0.258 e. The molecule has 0 saturated carbocycles. The van der Waals surface area contributed by atoms with E-state index in [1.807, 2.05) is 13.8 Å². The van der Waals surface area contributed by atoms with E-state index in [4.69, 9.17) is 10.5 Å². The van der Waals surface area contributed by atoms with Gasteiger partial charge in [0, 0.05) is 25.7 Å². The second kappa shape index (κ2) is 7.09. The first-order valence-electron chi connectivity index (χ1n) is 7.45. The first kappa shape index (κ1) is 16.0. The molecule has 1 aliphatic heterocycles. The summed E-state index contributed by atoms with van der Waals surface area (Å²) in [6.07, 6.45) is 2.40. The number of likely N-dealkylation sites (N-methyl/N-ethyl adjacent to an activating group) is 1. The molecule has 1 fully saturated rings. The first-order chi connectivity index (χ1) is 10.0. The molecular formula is C14H24N4O2S. The lowest BCUT2D eigenvalue weighted by molar-refractivity contribution is 0.0943. The summed E-state index contributed by atoms with van der Waals surface area (Å²) in [5, 5.41) is 3.73. The molecule has 21 heavy (non-hydrogen) atoms. The minimum atomic E-state index is -0.156.